The number of nitrogens with two attached hydrogens (primary N) is 2. The predicted octanol–water partition coefficient (Wildman–Crippen LogP) is 4.59. The van der Waals surface area contributed by atoms with Crippen LogP contribution >= 0.6 is 0 Å². The van der Waals surface area contributed by atoms with E-state index in [1.54, 1.807) is 6.20 Å². The molecule has 2 aliphatic carbocycles. The van der Waals surface area contributed by atoms with Crippen molar-refractivity contribution in [1.82, 2.24) is 9.97 Å². The van der Waals surface area contributed by atoms with Gasteiger partial charge in [-0.2, -0.15) is 0 Å². The van der Waals surface area contributed by atoms with E-state index in [0.717, 1.165) is 58.7 Å². The molecule has 0 amide bonds. The third kappa shape index (κ3) is 3.57. The Hall–Kier alpha value is -2.95. The molecule has 2 atom stereocenters. The molecular formula is C23H27N5. The van der Waals surface area contributed by atoms with Gasteiger partial charge in [0, 0.05) is 35.1 Å². The molecule has 0 aliphatic heterocycles. The van der Waals surface area contributed by atoms with Crippen LogP contribution in [0.4, 0.5) is 5.82 Å². The third-order valence-corrected chi connectivity index (χ3v) is 5.88. The number of amidine groups is 1. The topological polar surface area (TPSA) is 90.2 Å². The predicted molar refractivity (Wildman–Crippen MR) is 116 cm³/mol. The van der Waals surface area contributed by atoms with E-state index >= 15 is 0 Å². The number of pyridine rings is 2. The Morgan fingerprint density at radius 2 is 2.14 bits per heavy atom. The number of allylic oxidation sites excluding steroid dienone is 2. The Balaban J connectivity index is 1.78. The first-order valence-electron chi connectivity index (χ1n) is 9.95. The van der Waals surface area contributed by atoms with Gasteiger partial charge in [-0.3, -0.25) is 4.98 Å². The average Bonchev–Trinajstić information content (AvgIpc) is 2.63. The summed E-state index contributed by atoms with van der Waals surface area (Å²) in [6, 6.07) is 4.05. The lowest BCUT2D eigenvalue weighted by Gasteiger charge is -2.33. The average molecular weight is 374 g/mol. The van der Waals surface area contributed by atoms with Gasteiger partial charge in [0.05, 0.1) is 5.69 Å². The molecule has 4 N–H and O–H groups in total. The minimum atomic E-state index is 0.414. The van der Waals surface area contributed by atoms with Crippen molar-refractivity contribution in [2.24, 2.45) is 22.6 Å². The molecule has 2 aliphatic rings. The number of aryl methyl sites for hydroxylation is 1. The van der Waals surface area contributed by atoms with Crippen LogP contribution in [0, 0.1) is 18.8 Å². The molecule has 0 bridgehead atoms. The van der Waals surface area contributed by atoms with Crippen molar-refractivity contribution >= 4 is 23.8 Å². The zero-order valence-corrected chi connectivity index (χ0v) is 16.5. The molecule has 4 rings (SSSR count). The van der Waals surface area contributed by atoms with Crippen LogP contribution in [0.2, 0.25) is 0 Å². The largest absolute Gasteiger partial charge is 0.387 e. The quantitative estimate of drug-likeness (QED) is 0.608. The van der Waals surface area contributed by atoms with Gasteiger partial charge in [-0.1, -0.05) is 19.1 Å². The number of fused-ring (bicyclic) bond motifs is 1. The highest BCUT2D eigenvalue weighted by Gasteiger charge is 2.30. The lowest BCUT2D eigenvalue weighted by molar-refractivity contribution is 0.270. The minimum absolute atomic E-state index is 0.414. The number of aliphatic imine (C=N–C) groups is 1. The highest BCUT2D eigenvalue weighted by Crippen LogP contribution is 2.35. The molecule has 0 aromatic carbocycles. The Morgan fingerprint density at radius 3 is 2.86 bits per heavy atom. The maximum absolute atomic E-state index is 6.33. The SMILES string of the molecule is Cc1ccncc1-c1cc2c(c(N)n1)/C=C\CCC(N=C(N)C1CCC1C)=C2. The summed E-state index contributed by atoms with van der Waals surface area (Å²) < 4.78 is 0. The van der Waals surface area contributed by atoms with E-state index in [9.17, 15) is 0 Å². The van der Waals surface area contributed by atoms with Crippen molar-refractivity contribution in [2.75, 3.05) is 5.73 Å². The maximum atomic E-state index is 6.33. The van der Waals surface area contributed by atoms with Crippen molar-refractivity contribution in [3.63, 3.8) is 0 Å². The van der Waals surface area contributed by atoms with Crippen molar-refractivity contribution in [1.29, 1.82) is 0 Å². The lowest BCUT2D eigenvalue weighted by atomic mass is 9.74. The summed E-state index contributed by atoms with van der Waals surface area (Å²) in [5.41, 5.74) is 18.5. The molecule has 2 aromatic heterocycles. The molecule has 5 nitrogen and oxygen atoms in total. The fourth-order valence-corrected chi connectivity index (χ4v) is 3.89. The monoisotopic (exact) mass is 373 g/mol. The summed E-state index contributed by atoms with van der Waals surface area (Å²) in [5, 5.41) is 0. The van der Waals surface area contributed by atoms with Crippen LogP contribution in [0.1, 0.15) is 49.3 Å². The van der Waals surface area contributed by atoms with Crippen LogP contribution in [0.25, 0.3) is 23.4 Å². The molecule has 5 heteroatoms. The van der Waals surface area contributed by atoms with Gasteiger partial charge in [-0.15, -0.1) is 0 Å². The van der Waals surface area contributed by atoms with Gasteiger partial charge in [0.25, 0.3) is 0 Å². The summed E-state index contributed by atoms with van der Waals surface area (Å²) in [6.45, 7) is 4.30. The first-order chi connectivity index (χ1) is 13.5. The van der Waals surface area contributed by atoms with Gasteiger partial charge in [-0.05, 0) is 67.9 Å². The first kappa shape index (κ1) is 18.4. The molecule has 2 aromatic rings. The third-order valence-electron chi connectivity index (χ3n) is 5.88. The molecule has 144 valence electrons. The summed E-state index contributed by atoms with van der Waals surface area (Å²) in [6.07, 6.45) is 14.1. The van der Waals surface area contributed by atoms with E-state index < -0.39 is 0 Å². The van der Waals surface area contributed by atoms with E-state index in [4.69, 9.17) is 16.5 Å². The second kappa shape index (κ2) is 7.58. The second-order valence-corrected chi connectivity index (χ2v) is 7.86. The minimum Gasteiger partial charge on any atom is -0.387 e. The van der Waals surface area contributed by atoms with Crippen molar-refractivity contribution in [3.8, 4) is 11.3 Å². The molecule has 0 radical (unpaired) electrons. The van der Waals surface area contributed by atoms with E-state index in [1.807, 2.05) is 12.3 Å². The smallest absolute Gasteiger partial charge is 0.131 e. The fraction of sp³-hybridized carbons (Fsp3) is 0.348. The Kier molecular flexibility index (Phi) is 4.99. The number of hydrogen-bond acceptors (Lipinski definition) is 4. The van der Waals surface area contributed by atoms with Crippen LogP contribution in [0.5, 0.6) is 0 Å². The Bertz CT molecular complexity index is 986. The van der Waals surface area contributed by atoms with Crippen LogP contribution in [0.3, 0.4) is 0 Å². The molecule has 1 fully saturated rings. The van der Waals surface area contributed by atoms with Crippen molar-refractivity contribution in [2.45, 2.75) is 39.5 Å². The van der Waals surface area contributed by atoms with Gasteiger partial charge in [-0.25, -0.2) is 9.98 Å². The normalized spacial score (nSPS) is 23.1. The molecule has 28 heavy (non-hydrogen) atoms. The zero-order chi connectivity index (χ0) is 19.7. The van der Waals surface area contributed by atoms with Gasteiger partial charge >= 0.3 is 0 Å². The molecule has 2 heterocycles. The highest BCUT2D eigenvalue weighted by atomic mass is 14.9. The van der Waals surface area contributed by atoms with Crippen molar-refractivity contribution < 1.29 is 0 Å². The number of aromatic nitrogens is 2. The molecule has 0 spiro atoms. The number of nitrogens with zero attached hydrogens (tertiary/aromatic N) is 3. The lowest BCUT2D eigenvalue weighted by Crippen LogP contribution is -2.36. The summed E-state index contributed by atoms with van der Waals surface area (Å²) >= 11 is 0. The first-order valence-corrected chi connectivity index (χ1v) is 9.95. The van der Waals surface area contributed by atoms with E-state index in [2.05, 4.69) is 48.1 Å². The highest BCUT2D eigenvalue weighted by molar-refractivity contribution is 5.86. The Labute approximate surface area is 166 Å². The van der Waals surface area contributed by atoms with Crippen LogP contribution in [-0.2, 0) is 0 Å². The van der Waals surface area contributed by atoms with Crippen LogP contribution in [-0.4, -0.2) is 15.8 Å². The van der Waals surface area contributed by atoms with Crippen molar-refractivity contribution in [3.05, 3.63) is 53.0 Å². The molecule has 2 unspecified atom stereocenters. The molecular weight excluding hydrogens is 346 g/mol. The zero-order valence-electron chi connectivity index (χ0n) is 16.5. The van der Waals surface area contributed by atoms with Gasteiger partial charge in [0.1, 0.15) is 11.7 Å². The number of anilines is 1. The van der Waals surface area contributed by atoms with E-state index in [1.165, 1.54) is 6.42 Å². The van der Waals surface area contributed by atoms with Crippen LogP contribution in [0.15, 0.2) is 41.3 Å². The summed E-state index contributed by atoms with van der Waals surface area (Å²) in [7, 11) is 0. The summed E-state index contributed by atoms with van der Waals surface area (Å²) in [5.74, 6) is 2.33. The number of hydrogen-bond donors (Lipinski definition) is 2. The molecule has 0 saturated heterocycles. The van der Waals surface area contributed by atoms with Gasteiger partial charge < -0.3 is 11.5 Å². The number of rotatable bonds is 3. The fourth-order valence-electron chi connectivity index (χ4n) is 3.89. The van der Waals surface area contributed by atoms with Gasteiger partial charge in [0.2, 0.25) is 0 Å². The number of nitrogen functional groups attached to an aromatic ring is 1. The van der Waals surface area contributed by atoms with E-state index in [0.29, 0.717) is 17.7 Å². The molecule has 1 saturated carbocycles. The second-order valence-electron chi connectivity index (χ2n) is 7.86. The Morgan fingerprint density at radius 1 is 1.29 bits per heavy atom. The summed E-state index contributed by atoms with van der Waals surface area (Å²) in [4.78, 5) is 13.7. The van der Waals surface area contributed by atoms with Crippen LogP contribution < -0.4 is 11.5 Å². The standard InChI is InChI=1S/C23H27N5/c1-14-7-8-18(14)22(24)27-17-5-3-4-6-19-16(11-17)12-21(28-23(19)25)20-13-26-10-9-15(20)2/h4,6,9-14,18H,3,5,7-8H2,1-2H3,(H2,24,27)(H2,25,28)/b6-4-,17-11?. The maximum Gasteiger partial charge on any atom is 0.131 e. The van der Waals surface area contributed by atoms with E-state index in [-0.39, 0.29) is 0 Å². The van der Waals surface area contributed by atoms with Gasteiger partial charge in [0.15, 0.2) is 0 Å².